The van der Waals surface area contributed by atoms with E-state index < -0.39 is 0 Å². The molecule has 0 spiro atoms. The number of rotatable bonds is 2. The SMILES string of the molecule is CC(C)CC12CC(I)(C1)C2. The van der Waals surface area contributed by atoms with Crippen LogP contribution in [0.4, 0.5) is 0 Å². The summed E-state index contributed by atoms with van der Waals surface area (Å²) in [5, 5.41) is 0. The van der Waals surface area contributed by atoms with Crippen molar-refractivity contribution in [3.05, 3.63) is 0 Å². The predicted octanol–water partition coefficient (Wildman–Crippen LogP) is 3.39. The molecular weight excluding hydrogens is 235 g/mol. The van der Waals surface area contributed by atoms with E-state index in [2.05, 4.69) is 36.4 Å². The molecule has 10 heavy (non-hydrogen) atoms. The van der Waals surface area contributed by atoms with E-state index in [0.29, 0.717) is 0 Å². The third-order valence-electron chi connectivity index (χ3n) is 2.92. The molecule has 3 fully saturated rings. The van der Waals surface area contributed by atoms with Crippen molar-refractivity contribution in [1.82, 2.24) is 0 Å². The molecule has 58 valence electrons. The largest absolute Gasteiger partial charge is 0.0788 e. The number of hydrogen-bond donors (Lipinski definition) is 0. The average Bonchev–Trinajstić information content (AvgIpc) is 1.56. The van der Waals surface area contributed by atoms with Gasteiger partial charge in [0.25, 0.3) is 0 Å². The van der Waals surface area contributed by atoms with Crippen LogP contribution in [0.15, 0.2) is 0 Å². The van der Waals surface area contributed by atoms with Crippen molar-refractivity contribution >= 4 is 22.6 Å². The van der Waals surface area contributed by atoms with Gasteiger partial charge in [-0.2, -0.15) is 0 Å². The van der Waals surface area contributed by atoms with Gasteiger partial charge in [0, 0.05) is 3.42 Å². The summed E-state index contributed by atoms with van der Waals surface area (Å²) in [4.78, 5) is 0. The van der Waals surface area contributed by atoms with E-state index in [1.54, 1.807) is 0 Å². The molecule has 0 amide bonds. The zero-order valence-corrected chi connectivity index (χ0v) is 8.94. The van der Waals surface area contributed by atoms with Gasteiger partial charge in [-0.3, -0.25) is 0 Å². The quantitative estimate of drug-likeness (QED) is 0.520. The Morgan fingerprint density at radius 1 is 1.30 bits per heavy atom. The lowest BCUT2D eigenvalue weighted by Crippen LogP contribution is -2.63. The van der Waals surface area contributed by atoms with Crippen LogP contribution in [-0.2, 0) is 0 Å². The molecule has 2 bridgehead atoms. The fraction of sp³-hybridized carbons (Fsp3) is 1.00. The molecule has 0 aromatic heterocycles. The minimum absolute atomic E-state index is 0.784. The molecule has 0 radical (unpaired) electrons. The van der Waals surface area contributed by atoms with Crippen molar-refractivity contribution in [2.24, 2.45) is 11.3 Å². The minimum Gasteiger partial charge on any atom is -0.0788 e. The van der Waals surface area contributed by atoms with E-state index in [1.807, 2.05) is 0 Å². The van der Waals surface area contributed by atoms with Crippen molar-refractivity contribution in [2.75, 3.05) is 0 Å². The molecule has 0 atom stereocenters. The van der Waals surface area contributed by atoms with Crippen LogP contribution in [0.2, 0.25) is 0 Å². The third-order valence-corrected chi connectivity index (χ3v) is 4.06. The molecule has 0 saturated heterocycles. The van der Waals surface area contributed by atoms with Crippen LogP contribution >= 0.6 is 22.6 Å². The molecular formula is C9H15I. The molecule has 3 aliphatic carbocycles. The van der Waals surface area contributed by atoms with Gasteiger partial charge < -0.3 is 0 Å². The monoisotopic (exact) mass is 250 g/mol. The molecule has 1 heteroatoms. The second kappa shape index (κ2) is 1.90. The Balaban J connectivity index is 1.87. The highest BCUT2D eigenvalue weighted by atomic mass is 127. The molecule has 0 aliphatic heterocycles. The van der Waals surface area contributed by atoms with Gasteiger partial charge in [0.05, 0.1) is 0 Å². The summed E-state index contributed by atoms with van der Waals surface area (Å²) in [5.74, 6) is 0.918. The fourth-order valence-corrected chi connectivity index (χ4v) is 5.37. The van der Waals surface area contributed by atoms with E-state index in [0.717, 1.165) is 14.8 Å². The summed E-state index contributed by atoms with van der Waals surface area (Å²) >= 11 is 2.65. The molecule has 0 N–H and O–H groups in total. The molecule has 3 rings (SSSR count). The highest BCUT2D eigenvalue weighted by Gasteiger charge is 2.65. The minimum atomic E-state index is 0.784. The zero-order valence-electron chi connectivity index (χ0n) is 6.78. The second-order valence-corrected chi connectivity index (χ2v) is 7.07. The van der Waals surface area contributed by atoms with Gasteiger partial charge in [0.15, 0.2) is 0 Å². The summed E-state index contributed by atoms with van der Waals surface area (Å²) in [6.45, 7) is 4.69. The van der Waals surface area contributed by atoms with Crippen LogP contribution in [-0.4, -0.2) is 3.42 Å². The molecule has 0 heterocycles. The summed E-state index contributed by atoms with van der Waals surface area (Å²) in [6, 6.07) is 0. The Morgan fingerprint density at radius 2 is 1.80 bits per heavy atom. The van der Waals surface area contributed by atoms with Crippen LogP contribution in [0, 0.1) is 11.3 Å². The third kappa shape index (κ3) is 0.926. The maximum Gasteiger partial charge on any atom is 0.0238 e. The molecule has 0 unspecified atom stereocenters. The van der Waals surface area contributed by atoms with Crippen LogP contribution in [0.25, 0.3) is 0 Å². The topological polar surface area (TPSA) is 0 Å². The lowest BCUT2D eigenvalue weighted by atomic mass is 9.42. The Labute approximate surface area is 76.9 Å². The fourth-order valence-electron chi connectivity index (χ4n) is 2.94. The standard InChI is InChI=1S/C9H15I/c1-7(2)3-8-4-9(10,5-8)6-8/h7H,3-6H2,1-2H3. The Morgan fingerprint density at radius 3 is 2.10 bits per heavy atom. The normalized spacial score (nSPS) is 50.4. The first kappa shape index (κ1) is 7.38. The second-order valence-electron chi connectivity index (χ2n) is 4.78. The van der Waals surface area contributed by atoms with Gasteiger partial charge in [-0.1, -0.05) is 36.4 Å². The van der Waals surface area contributed by atoms with E-state index >= 15 is 0 Å². The Kier molecular flexibility index (Phi) is 1.41. The molecule has 0 aromatic rings. The van der Waals surface area contributed by atoms with Gasteiger partial charge in [-0.15, -0.1) is 0 Å². The van der Waals surface area contributed by atoms with E-state index in [9.17, 15) is 0 Å². The summed E-state index contributed by atoms with van der Waals surface area (Å²) < 4.78 is 0.784. The van der Waals surface area contributed by atoms with Gasteiger partial charge in [-0.25, -0.2) is 0 Å². The van der Waals surface area contributed by atoms with Gasteiger partial charge in [0.2, 0.25) is 0 Å². The van der Waals surface area contributed by atoms with Crippen molar-refractivity contribution < 1.29 is 0 Å². The van der Waals surface area contributed by atoms with Gasteiger partial charge >= 0.3 is 0 Å². The Hall–Kier alpha value is 0.730. The number of alkyl halides is 1. The first-order valence-electron chi connectivity index (χ1n) is 4.23. The average molecular weight is 250 g/mol. The highest BCUT2D eigenvalue weighted by molar-refractivity contribution is 14.1. The van der Waals surface area contributed by atoms with Crippen LogP contribution in [0.3, 0.4) is 0 Å². The molecule has 3 aliphatic rings. The van der Waals surface area contributed by atoms with Crippen LogP contribution in [0.1, 0.15) is 39.5 Å². The maximum absolute atomic E-state index is 2.65. The number of halogens is 1. The first-order chi connectivity index (χ1) is 4.54. The van der Waals surface area contributed by atoms with Crippen molar-refractivity contribution in [3.63, 3.8) is 0 Å². The van der Waals surface area contributed by atoms with E-state index in [1.165, 1.54) is 25.7 Å². The van der Waals surface area contributed by atoms with Crippen molar-refractivity contribution in [3.8, 4) is 0 Å². The number of hydrogen-bond acceptors (Lipinski definition) is 0. The lowest BCUT2D eigenvalue weighted by molar-refractivity contribution is -0.0785. The van der Waals surface area contributed by atoms with Gasteiger partial charge in [-0.05, 0) is 37.0 Å². The molecule has 0 aromatic carbocycles. The molecule has 0 nitrogen and oxygen atoms in total. The van der Waals surface area contributed by atoms with Gasteiger partial charge in [0.1, 0.15) is 0 Å². The van der Waals surface area contributed by atoms with E-state index in [-0.39, 0.29) is 0 Å². The van der Waals surface area contributed by atoms with E-state index in [4.69, 9.17) is 0 Å². The Bertz CT molecular complexity index is 140. The van der Waals surface area contributed by atoms with Crippen molar-refractivity contribution in [2.45, 2.75) is 43.0 Å². The first-order valence-corrected chi connectivity index (χ1v) is 5.31. The molecule has 3 saturated carbocycles. The maximum atomic E-state index is 2.65. The zero-order chi connectivity index (χ0) is 7.41. The van der Waals surface area contributed by atoms with Crippen LogP contribution < -0.4 is 0 Å². The smallest absolute Gasteiger partial charge is 0.0238 e. The summed E-state index contributed by atoms with van der Waals surface area (Å²) in [5.41, 5.74) is 0.843. The summed E-state index contributed by atoms with van der Waals surface area (Å²) in [7, 11) is 0. The predicted molar refractivity (Wildman–Crippen MR) is 52.5 cm³/mol. The van der Waals surface area contributed by atoms with Crippen LogP contribution in [0.5, 0.6) is 0 Å². The highest BCUT2D eigenvalue weighted by Crippen LogP contribution is 2.73. The summed E-state index contributed by atoms with van der Waals surface area (Å²) in [6.07, 6.45) is 6.06. The van der Waals surface area contributed by atoms with Crippen molar-refractivity contribution in [1.29, 1.82) is 0 Å². The lowest BCUT2D eigenvalue weighted by Gasteiger charge is -2.69.